The van der Waals surface area contributed by atoms with Crippen LogP contribution in [0, 0.1) is 0 Å². The Morgan fingerprint density at radius 1 is 1.53 bits per heavy atom. The van der Waals surface area contributed by atoms with Crippen molar-refractivity contribution in [3.63, 3.8) is 0 Å². The Labute approximate surface area is 97.4 Å². The molecule has 15 heavy (non-hydrogen) atoms. The van der Waals surface area contributed by atoms with Crippen molar-refractivity contribution in [1.82, 2.24) is 4.98 Å². The van der Waals surface area contributed by atoms with Gasteiger partial charge in [-0.15, -0.1) is 0 Å². The van der Waals surface area contributed by atoms with Gasteiger partial charge in [-0.2, -0.15) is 0 Å². The molecule has 5 heteroatoms. The molecule has 82 valence electrons. The van der Waals surface area contributed by atoms with E-state index in [9.17, 15) is 4.79 Å². The Balaban J connectivity index is 2.82. The van der Waals surface area contributed by atoms with Crippen molar-refractivity contribution in [2.45, 2.75) is 13.8 Å². The number of hydrogen-bond acceptors (Lipinski definition) is 3. The van der Waals surface area contributed by atoms with Gasteiger partial charge in [0.1, 0.15) is 5.82 Å². The molecule has 1 rings (SSSR count). The fourth-order valence-corrected chi connectivity index (χ4v) is 1.35. The van der Waals surface area contributed by atoms with Crippen LogP contribution in [0.5, 0.6) is 0 Å². The second-order valence-electron chi connectivity index (χ2n) is 2.78. The van der Waals surface area contributed by atoms with E-state index in [1.54, 1.807) is 19.2 Å². The zero-order valence-electron chi connectivity index (χ0n) is 8.74. The molecular weight excluding hydrogens is 260 g/mol. The summed E-state index contributed by atoms with van der Waals surface area (Å²) < 4.78 is 5.80. The molecule has 0 fully saturated rings. The van der Waals surface area contributed by atoms with Crippen molar-refractivity contribution in [2.24, 2.45) is 0 Å². The SMILES string of the molecule is CCOC(=O)N(CC)c1ccc(Br)cn1. The molecule has 0 bridgehead atoms. The summed E-state index contributed by atoms with van der Waals surface area (Å²) in [7, 11) is 0. The number of ether oxygens (including phenoxy) is 1. The molecule has 0 aliphatic heterocycles. The smallest absolute Gasteiger partial charge is 0.415 e. The highest BCUT2D eigenvalue weighted by Crippen LogP contribution is 2.15. The van der Waals surface area contributed by atoms with E-state index in [0.29, 0.717) is 19.0 Å². The minimum absolute atomic E-state index is 0.366. The lowest BCUT2D eigenvalue weighted by molar-refractivity contribution is 0.160. The number of rotatable bonds is 3. The van der Waals surface area contributed by atoms with Gasteiger partial charge in [-0.3, -0.25) is 4.90 Å². The van der Waals surface area contributed by atoms with Crippen molar-refractivity contribution in [2.75, 3.05) is 18.1 Å². The van der Waals surface area contributed by atoms with Gasteiger partial charge in [-0.05, 0) is 41.9 Å². The van der Waals surface area contributed by atoms with Crippen molar-refractivity contribution < 1.29 is 9.53 Å². The third-order valence-corrected chi connectivity index (χ3v) is 2.26. The summed E-state index contributed by atoms with van der Waals surface area (Å²) in [6.07, 6.45) is 1.28. The number of carbonyl (C=O) groups is 1. The maximum atomic E-state index is 11.5. The van der Waals surface area contributed by atoms with Gasteiger partial charge in [-0.25, -0.2) is 9.78 Å². The van der Waals surface area contributed by atoms with Crippen LogP contribution in [-0.2, 0) is 4.74 Å². The molecule has 0 saturated carbocycles. The molecule has 1 amide bonds. The van der Waals surface area contributed by atoms with Crippen LogP contribution in [0.3, 0.4) is 0 Å². The number of aromatic nitrogens is 1. The van der Waals surface area contributed by atoms with Gasteiger partial charge >= 0.3 is 6.09 Å². The minimum atomic E-state index is -0.366. The third-order valence-electron chi connectivity index (χ3n) is 1.79. The Bertz CT molecular complexity index is 327. The molecule has 1 heterocycles. The molecule has 1 aromatic heterocycles. The van der Waals surface area contributed by atoms with E-state index in [-0.39, 0.29) is 6.09 Å². The summed E-state index contributed by atoms with van der Waals surface area (Å²) in [4.78, 5) is 17.1. The molecule has 0 aliphatic carbocycles. The maximum Gasteiger partial charge on any atom is 0.415 e. The van der Waals surface area contributed by atoms with Crippen LogP contribution < -0.4 is 4.90 Å². The number of hydrogen-bond donors (Lipinski definition) is 0. The van der Waals surface area contributed by atoms with Gasteiger partial charge in [-0.1, -0.05) is 0 Å². The number of pyridine rings is 1. The van der Waals surface area contributed by atoms with E-state index < -0.39 is 0 Å². The van der Waals surface area contributed by atoms with E-state index >= 15 is 0 Å². The molecule has 4 nitrogen and oxygen atoms in total. The van der Waals surface area contributed by atoms with Gasteiger partial charge in [0.15, 0.2) is 0 Å². The first kappa shape index (κ1) is 12.0. The Morgan fingerprint density at radius 3 is 2.73 bits per heavy atom. The average Bonchev–Trinajstić information content (AvgIpc) is 2.22. The highest BCUT2D eigenvalue weighted by atomic mass is 79.9. The van der Waals surface area contributed by atoms with E-state index in [2.05, 4.69) is 20.9 Å². The molecule has 0 atom stereocenters. The van der Waals surface area contributed by atoms with Crippen LogP contribution in [-0.4, -0.2) is 24.2 Å². The van der Waals surface area contributed by atoms with Crippen LogP contribution >= 0.6 is 15.9 Å². The standard InChI is InChI=1S/C10H13BrN2O2/c1-3-13(10(14)15-4-2)9-6-5-8(11)7-12-9/h5-7H,3-4H2,1-2H3. The van der Waals surface area contributed by atoms with Crippen molar-refractivity contribution in [3.05, 3.63) is 22.8 Å². The van der Waals surface area contributed by atoms with E-state index in [1.165, 1.54) is 4.90 Å². The number of amides is 1. The molecule has 0 unspecified atom stereocenters. The molecule has 0 aromatic carbocycles. The van der Waals surface area contributed by atoms with E-state index in [0.717, 1.165) is 4.47 Å². The zero-order chi connectivity index (χ0) is 11.3. The maximum absolute atomic E-state index is 11.5. The first-order valence-electron chi connectivity index (χ1n) is 4.74. The fourth-order valence-electron chi connectivity index (χ4n) is 1.11. The summed E-state index contributed by atoms with van der Waals surface area (Å²) >= 11 is 3.29. The molecule has 0 spiro atoms. The summed E-state index contributed by atoms with van der Waals surface area (Å²) in [5.41, 5.74) is 0. The lowest BCUT2D eigenvalue weighted by Gasteiger charge is -2.18. The van der Waals surface area contributed by atoms with Crippen LogP contribution in [0.1, 0.15) is 13.8 Å². The Hall–Kier alpha value is -1.10. The number of halogens is 1. The average molecular weight is 273 g/mol. The molecule has 0 radical (unpaired) electrons. The monoisotopic (exact) mass is 272 g/mol. The second-order valence-corrected chi connectivity index (χ2v) is 3.69. The first-order valence-corrected chi connectivity index (χ1v) is 5.54. The van der Waals surface area contributed by atoms with Gasteiger partial charge in [0.25, 0.3) is 0 Å². The Morgan fingerprint density at radius 2 is 2.27 bits per heavy atom. The summed E-state index contributed by atoms with van der Waals surface area (Å²) in [6, 6.07) is 3.61. The van der Waals surface area contributed by atoms with Gasteiger partial charge in [0.2, 0.25) is 0 Å². The van der Waals surface area contributed by atoms with Gasteiger partial charge in [0.05, 0.1) is 6.61 Å². The number of nitrogens with zero attached hydrogens (tertiary/aromatic N) is 2. The molecule has 1 aromatic rings. The van der Waals surface area contributed by atoms with Crippen LogP contribution in [0.4, 0.5) is 10.6 Å². The highest BCUT2D eigenvalue weighted by Gasteiger charge is 2.15. The summed E-state index contributed by atoms with van der Waals surface area (Å²) in [5.74, 6) is 0.596. The van der Waals surface area contributed by atoms with Crippen LogP contribution in [0.15, 0.2) is 22.8 Å². The largest absolute Gasteiger partial charge is 0.449 e. The van der Waals surface area contributed by atoms with Crippen molar-refractivity contribution in [1.29, 1.82) is 0 Å². The van der Waals surface area contributed by atoms with E-state index in [4.69, 9.17) is 4.74 Å². The molecular formula is C10H13BrN2O2. The van der Waals surface area contributed by atoms with Crippen molar-refractivity contribution in [3.8, 4) is 0 Å². The van der Waals surface area contributed by atoms with Crippen LogP contribution in [0.2, 0.25) is 0 Å². The molecule has 0 N–H and O–H groups in total. The molecule has 0 saturated heterocycles. The summed E-state index contributed by atoms with van der Waals surface area (Å²) in [6.45, 7) is 4.56. The summed E-state index contributed by atoms with van der Waals surface area (Å²) in [5, 5.41) is 0. The predicted molar refractivity (Wildman–Crippen MR) is 62.0 cm³/mol. The normalized spacial score (nSPS) is 9.80. The lowest BCUT2D eigenvalue weighted by atomic mass is 10.4. The Kier molecular flexibility index (Phi) is 4.55. The zero-order valence-corrected chi connectivity index (χ0v) is 10.3. The third kappa shape index (κ3) is 3.20. The number of carbonyl (C=O) groups excluding carboxylic acids is 1. The van der Waals surface area contributed by atoms with E-state index in [1.807, 2.05) is 13.0 Å². The fraction of sp³-hybridized carbons (Fsp3) is 0.400. The van der Waals surface area contributed by atoms with Gasteiger partial charge < -0.3 is 4.74 Å². The number of anilines is 1. The van der Waals surface area contributed by atoms with Gasteiger partial charge in [0, 0.05) is 17.2 Å². The highest BCUT2D eigenvalue weighted by molar-refractivity contribution is 9.10. The minimum Gasteiger partial charge on any atom is -0.449 e. The second kappa shape index (κ2) is 5.70. The van der Waals surface area contributed by atoms with Crippen LogP contribution in [0.25, 0.3) is 0 Å². The topological polar surface area (TPSA) is 42.4 Å². The quantitative estimate of drug-likeness (QED) is 0.850. The first-order chi connectivity index (χ1) is 7.19. The van der Waals surface area contributed by atoms with Crippen molar-refractivity contribution >= 4 is 27.8 Å². The predicted octanol–water partition coefficient (Wildman–Crippen LogP) is 2.83. The lowest BCUT2D eigenvalue weighted by Crippen LogP contribution is -2.31. The molecule has 0 aliphatic rings.